The van der Waals surface area contributed by atoms with Gasteiger partial charge < -0.3 is 4.74 Å². The fourth-order valence-electron chi connectivity index (χ4n) is 2.77. The van der Waals surface area contributed by atoms with Crippen LogP contribution in [0, 0.1) is 0 Å². The highest BCUT2D eigenvalue weighted by molar-refractivity contribution is 5.34. The molecule has 0 bridgehead atoms. The fourth-order valence-corrected chi connectivity index (χ4v) is 2.77. The molecule has 1 atom stereocenters. The number of alkyl halides is 3. The van der Waals surface area contributed by atoms with E-state index in [0.29, 0.717) is 19.4 Å². The van der Waals surface area contributed by atoms with Crippen LogP contribution in [-0.4, -0.2) is 12.2 Å². The zero-order chi connectivity index (χ0) is 16.1. The van der Waals surface area contributed by atoms with Crippen LogP contribution < -0.4 is 11.3 Å². The summed E-state index contributed by atoms with van der Waals surface area (Å²) in [6.07, 6.45) is -3.32. The molecule has 1 aromatic rings. The first-order chi connectivity index (χ1) is 9.86. The molecule has 3 N–H and O–H groups in total. The molecular formula is C15H23F3N2O. The Morgan fingerprint density at radius 1 is 1.14 bits per heavy atom. The van der Waals surface area contributed by atoms with Crippen LogP contribution in [0.25, 0.3) is 0 Å². The molecule has 0 radical (unpaired) electrons. The van der Waals surface area contributed by atoms with Crippen molar-refractivity contribution in [2.24, 2.45) is 5.84 Å². The summed E-state index contributed by atoms with van der Waals surface area (Å²) in [5.74, 6) is 5.59. The predicted molar refractivity (Wildman–Crippen MR) is 76.4 cm³/mol. The monoisotopic (exact) mass is 304 g/mol. The summed E-state index contributed by atoms with van der Waals surface area (Å²) in [5, 5.41) is 0. The van der Waals surface area contributed by atoms with Crippen LogP contribution in [0.5, 0.6) is 0 Å². The van der Waals surface area contributed by atoms with E-state index in [1.54, 1.807) is 6.07 Å². The second-order valence-electron chi connectivity index (χ2n) is 4.89. The van der Waals surface area contributed by atoms with Gasteiger partial charge in [-0.1, -0.05) is 32.0 Å². The van der Waals surface area contributed by atoms with Crippen molar-refractivity contribution in [2.45, 2.75) is 51.4 Å². The van der Waals surface area contributed by atoms with Gasteiger partial charge in [-0.3, -0.25) is 11.3 Å². The summed E-state index contributed by atoms with van der Waals surface area (Å²) in [4.78, 5) is 0. The van der Waals surface area contributed by atoms with Crippen molar-refractivity contribution < 1.29 is 17.9 Å². The van der Waals surface area contributed by atoms with E-state index in [0.717, 1.165) is 6.07 Å². The van der Waals surface area contributed by atoms with Crippen LogP contribution in [0.2, 0.25) is 0 Å². The lowest BCUT2D eigenvalue weighted by atomic mass is 9.82. The average Bonchev–Trinajstić information content (AvgIpc) is 2.46. The molecule has 3 nitrogen and oxygen atoms in total. The van der Waals surface area contributed by atoms with Crippen LogP contribution >= 0.6 is 0 Å². The molecular weight excluding hydrogens is 281 g/mol. The molecule has 1 aromatic carbocycles. The Kier molecular flexibility index (Phi) is 6.19. The predicted octanol–water partition coefficient (Wildman–Crippen LogP) is 3.81. The van der Waals surface area contributed by atoms with Crippen molar-refractivity contribution in [1.82, 2.24) is 5.43 Å². The molecule has 0 saturated heterocycles. The lowest BCUT2D eigenvalue weighted by molar-refractivity contribution is -0.140. The Balaban J connectivity index is 3.39. The SMILES string of the molecule is CCOC(CC)(CC)C(NN)c1ccccc1C(F)(F)F. The van der Waals surface area contributed by atoms with E-state index in [2.05, 4.69) is 5.43 Å². The van der Waals surface area contributed by atoms with Crippen molar-refractivity contribution in [3.8, 4) is 0 Å². The third kappa shape index (κ3) is 3.75. The molecule has 0 aliphatic rings. The number of nitrogens with one attached hydrogen (secondary N) is 1. The third-order valence-electron chi connectivity index (χ3n) is 3.90. The highest BCUT2D eigenvalue weighted by Gasteiger charge is 2.42. The first-order valence-corrected chi connectivity index (χ1v) is 7.12. The second-order valence-corrected chi connectivity index (χ2v) is 4.89. The Hall–Kier alpha value is -1.11. The highest BCUT2D eigenvalue weighted by Crippen LogP contribution is 2.41. The van der Waals surface area contributed by atoms with Gasteiger partial charge in [0.15, 0.2) is 0 Å². The molecule has 0 amide bonds. The zero-order valence-corrected chi connectivity index (χ0v) is 12.6. The molecule has 0 aromatic heterocycles. The average molecular weight is 304 g/mol. The Morgan fingerprint density at radius 3 is 2.14 bits per heavy atom. The molecule has 0 heterocycles. The summed E-state index contributed by atoms with van der Waals surface area (Å²) < 4.78 is 45.4. The van der Waals surface area contributed by atoms with Crippen LogP contribution in [0.1, 0.15) is 50.8 Å². The van der Waals surface area contributed by atoms with Gasteiger partial charge in [-0.25, -0.2) is 0 Å². The summed E-state index contributed by atoms with van der Waals surface area (Å²) in [5.41, 5.74) is 1.19. The molecule has 0 fully saturated rings. The van der Waals surface area contributed by atoms with Gasteiger partial charge in [-0.05, 0) is 31.4 Å². The molecule has 120 valence electrons. The van der Waals surface area contributed by atoms with Gasteiger partial charge in [0.2, 0.25) is 0 Å². The van der Waals surface area contributed by atoms with Crippen LogP contribution in [-0.2, 0) is 10.9 Å². The lowest BCUT2D eigenvalue weighted by Crippen LogP contribution is -2.48. The maximum atomic E-state index is 13.2. The number of hydrazine groups is 1. The lowest BCUT2D eigenvalue weighted by Gasteiger charge is -2.40. The van der Waals surface area contributed by atoms with Gasteiger partial charge in [-0.2, -0.15) is 13.2 Å². The minimum absolute atomic E-state index is 0.115. The summed E-state index contributed by atoms with van der Waals surface area (Å²) >= 11 is 0. The van der Waals surface area contributed by atoms with Gasteiger partial charge >= 0.3 is 6.18 Å². The third-order valence-corrected chi connectivity index (χ3v) is 3.90. The van der Waals surface area contributed by atoms with Crippen LogP contribution in [0.15, 0.2) is 24.3 Å². The van der Waals surface area contributed by atoms with Gasteiger partial charge in [0.25, 0.3) is 0 Å². The number of hydrogen-bond donors (Lipinski definition) is 2. The number of halogens is 3. The van der Waals surface area contributed by atoms with Gasteiger partial charge in [0.05, 0.1) is 17.2 Å². The van der Waals surface area contributed by atoms with Crippen molar-refractivity contribution in [2.75, 3.05) is 6.61 Å². The zero-order valence-electron chi connectivity index (χ0n) is 12.6. The van der Waals surface area contributed by atoms with Crippen molar-refractivity contribution in [3.05, 3.63) is 35.4 Å². The van der Waals surface area contributed by atoms with E-state index in [1.807, 2.05) is 20.8 Å². The van der Waals surface area contributed by atoms with E-state index in [1.165, 1.54) is 12.1 Å². The van der Waals surface area contributed by atoms with Crippen molar-refractivity contribution in [3.63, 3.8) is 0 Å². The van der Waals surface area contributed by atoms with Crippen LogP contribution in [0.4, 0.5) is 13.2 Å². The molecule has 0 saturated carbocycles. The minimum Gasteiger partial charge on any atom is -0.373 e. The Bertz CT molecular complexity index is 445. The van der Waals surface area contributed by atoms with E-state index < -0.39 is 23.4 Å². The molecule has 1 unspecified atom stereocenters. The number of hydrogen-bond acceptors (Lipinski definition) is 3. The summed E-state index contributed by atoms with van der Waals surface area (Å²) in [6.45, 7) is 6.01. The highest BCUT2D eigenvalue weighted by atomic mass is 19.4. The van der Waals surface area contributed by atoms with Crippen molar-refractivity contribution >= 4 is 0 Å². The van der Waals surface area contributed by atoms with E-state index in [4.69, 9.17) is 10.6 Å². The first kappa shape index (κ1) is 17.9. The summed E-state index contributed by atoms with van der Waals surface area (Å²) in [6, 6.07) is 4.75. The largest absolute Gasteiger partial charge is 0.416 e. The second kappa shape index (κ2) is 7.24. The minimum atomic E-state index is -4.43. The molecule has 6 heteroatoms. The normalized spacial score (nSPS) is 14.2. The van der Waals surface area contributed by atoms with E-state index >= 15 is 0 Å². The topological polar surface area (TPSA) is 47.3 Å². The van der Waals surface area contributed by atoms with Gasteiger partial charge in [0.1, 0.15) is 0 Å². The van der Waals surface area contributed by atoms with Gasteiger partial charge in [-0.15, -0.1) is 0 Å². The number of benzene rings is 1. The molecule has 0 aliphatic heterocycles. The number of ether oxygens (including phenoxy) is 1. The molecule has 21 heavy (non-hydrogen) atoms. The first-order valence-electron chi connectivity index (χ1n) is 7.12. The number of rotatable bonds is 7. The number of nitrogens with two attached hydrogens (primary N) is 1. The van der Waals surface area contributed by atoms with Crippen molar-refractivity contribution in [1.29, 1.82) is 0 Å². The molecule has 0 spiro atoms. The summed E-state index contributed by atoms with van der Waals surface area (Å²) in [7, 11) is 0. The van der Waals surface area contributed by atoms with Crippen LogP contribution in [0.3, 0.4) is 0 Å². The van der Waals surface area contributed by atoms with E-state index in [-0.39, 0.29) is 5.56 Å². The maximum Gasteiger partial charge on any atom is 0.416 e. The smallest absolute Gasteiger partial charge is 0.373 e. The Morgan fingerprint density at radius 2 is 1.71 bits per heavy atom. The molecule has 1 rings (SSSR count). The quantitative estimate of drug-likeness (QED) is 0.595. The van der Waals surface area contributed by atoms with Gasteiger partial charge in [0, 0.05) is 6.61 Å². The Labute approximate surface area is 123 Å². The maximum absolute atomic E-state index is 13.2. The molecule has 0 aliphatic carbocycles. The fraction of sp³-hybridized carbons (Fsp3) is 0.600. The standard InChI is InChI=1S/C15H23F3N2O/c1-4-14(5-2,21-6-3)13(20-19)11-9-7-8-10-12(11)15(16,17)18/h7-10,13,20H,4-6,19H2,1-3H3. The van der Waals surface area contributed by atoms with E-state index in [9.17, 15) is 13.2 Å².